The van der Waals surface area contributed by atoms with Gasteiger partial charge >= 0.3 is 0 Å². The van der Waals surface area contributed by atoms with Crippen LogP contribution >= 0.6 is 0 Å². The maximum absolute atomic E-state index is 12.1. The Balaban J connectivity index is 1.38. The number of carbonyl (C=O) groups excluding carboxylic acids is 2. The van der Waals surface area contributed by atoms with Crippen LogP contribution in [0.25, 0.3) is 22.2 Å². The van der Waals surface area contributed by atoms with E-state index in [9.17, 15) is 9.59 Å². The lowest BCUT2D eigenvalue weighted by Gasteiger charge is -2.35. The third-order valence-corrected chi connectivity index (χ3v) is 7.08. The van der Waals surface area contributed by atoms with Gasteiger partial charge in [0.25, 0.3) is 0 Å². The Hall–Kier alpha value is -3.54. The molecule has 6 rings (SSSR count). The third-order valence-electron chi connectivity index (χ3n) is 7.08. The number of hydrogen-bond donors (Lipinski definition) is 2. The van der Waals surface area contributed by atoms with E-state index >= 15 is 0 Å². The van der Waals surface area contributed by atoms with Crippen LogP contribution in [-0.4, -0.2) is 84.4 Å². The molecule has 1 atom stereocenters. The molecule has 37 heavy (non-hydrogen) atoms. The van der Waals surface area contributed by atoms with Crippen molar-refractivity contribution < 1.29 is 28.5 Å². The van der Waals surface area contributed by atoms with Gasteiger partial charge in [-0.3, -0.25) is 9.59 Å². The van der Waals surface area contributed by atoms with Crippen molar-refractivity contribution >= 4 is 28.5 Å². The minimum Gasteiger partial charge on any atom is -0.491 e. The van der Waals surface area contributed by atoms with Crippen molar-refractivity contribution in [3.8, 4) is 17.0 Å². The second kappa shape index (κ2) is 9.73. The van der Waals surface area contributed by atoms with Gasteiger partial charge < -0.3 is 34.1 Å². The summed E-state index contributed by atoms with van der Waals surface area (Å²) in [6.07, 6.45) is 4.98. The number of H-pyrrole nitrogens is 1. The molecule has 2 fully saturated rings. The number of morpholine rings is 1. The van der Waals surface area contributed by atoms with Crippen LogP contribution < -0.4 is 10.1 Å². The van der Waals surface area contributed by atoms with Crippen molar-refractivity contribution in [1.29, 1.82) is 0 Å². The Labute approximate surface area is 213 Å². The molecule has 0 aliphatic carbocycles. The van der Waals surface area contributed by atoms with E-state index in [-0.39, 0.29) is 18.4 Å². The van der Waals surface area contributed by atoms with Gasteiger partial charge in [0.05, 0.1) is 49.5 Å². The van der Waals surface area contributed by atoms with E-state index in [1.165, 1.54) is 6.92 Å². The molecule has 2 N–H and O–H groups in total. The number of hydrogen-bond acceptors (Lipinski definition) is 8. The minimum absolute atomic E-state index is 0.0230. The molecular weight excluding hydrogens is 478 g/mol. The standard InChI is InChI=1S/C26H29N5O6/c1-16(32)29-23-10-18-19(12-27-21(18)13-28-23)20-11-22(36-9-5-31-4-8-34-14-24(31)33)17-2-6-37-26(25(17)30-20)3-7-35-15-26/h10-13,27H,2-9,14-15H2,1H3,(H,28,29,32). The summed E-state index contributed by atoms with van der Waals surface area (Å²) in [6, 6.07) is 3.79. The fourth-order valence-corrected chi connectivity index (χ4v) is 5.23. The maximum Gasteiger partial charge on any atom is 0.248 e. The highest BCUT2D eigenvalue weighted by Crippen LogP contribution is 2.43. The number of nitrogens with zero attached hydrogens (tertiary/aromatic N) is 3. The quantitative estimate of drug-likeness (QED) is 0.519. The lowest BCUT2D eigenvalue weighted by atomic mass is 9.89. The number of aromatic amines is 1. The van der Waals surface area contributed by atoms with Gasteiger partial charge in [0.15, 0.2) is 0 Å². The highest BCUT2D eigenvalue weighted by Gasteiger charge is 2.44. The molecule has 11 nitrogen and oxygen atoms in total. The fourth-order valence-electron chi connectivity index (χ4n) is 5.23. The predicted molar refractivity (Wildman–Crippen MR) is 133 cm³/mol. The summed E-state index contributed by atoms with van der Waals surface area (Å²) in [5.74, 6) is 0.992. The van der Waals surface area contributed by atoms with Gasteiger partial charge in [-0.25, -0.2) is 9.97 Å². The zero-order valence-electron chi connectivity index (χ0n) is 20.7. The Morgan fingerprint density at radius 3 is 3.00 bits per heavy atom. The molecule has 0 saturated carbocycles. The SMILES string of the molecule is CC(=O)Nc1cc2c(-c3cc(OCCN4CCOCC4=O)c4c(n3)C3(CCOC3)OCC4)c[nH]c2cn1. The molecule has 0 radical (unpaired) electrons. The number of fused-ring (bicyclic) bond motifs is 3. The highest BCUT2D eigenvalue weighted by molar-refractivity contribution is 5.97. The first-order valence-electron chi connectivity index (χ1n) is 12.5. The molecule has 2 saturated heterocycles. The third kappa shape index (κ3) is 4.54. The van der Waals surface area contributed by atoms with Crippen molar-refractivity contribution in [3.63, 3.8) is 0 Å². The summed E-state index contributed by atoms with van der Waals surface area (Å²) in [5.41, 5.74) is 3.67. The Bertz CT molecular complexity index is 1350. The number of carbonyl (C=O) groups is 2. The first-order chi connectivity index (χ1) is 18.0. The molecule has 1 unspecified atom stereocenters. The topological polar surface area (TPSA) is 128 Å². The second-order valence-corrected chi connectivity index (χ2v) is 9.51. The first-order valence-corrected chi connectivity index (χ1v) is 12.5. The first kappa shape index (κ1) is 23.8. The van der Waals surface area contributed by atoms with E-state index in [4.69, 9.17) is 23.9 Å². The molecule has 1 spiro atoms. The van der Waals surface area contributed by atoms with Crippen molar-refractivity contribution in [3.05, 3.63) is 35.8 Å². The number of nitrogens with one attached hydrogen (secondary N) is 2. The van der Waals surface area contributed by atoms with Crippen LogP contribution in [0, 0.1) is 0 Å². The van der Waals surface area contributed by atoms with Crippen LogP contribution in [0.15, 0.2) is 24.5 Å². The molecule has 3 aromatic rings. The van der Waals surface area contributed by atoms with E-state index in [0.717, 1.165) is 45.6 Å². The molecule has 3 aliphatic heterocycles. The fraction of sp³-hybridized carbons (Fsp3) is 0.462. The number of amides is 2. The smallest absolute Gasteiger partial charge is 0.248 e. The Morgan fingerprint density at radius 1 is 1.27 bits per heavy atom. The summed E-state index contributed by atoms with van der Waals surface area (Å²) in [4.78, 5) is 38.2. The highest BCUT2D eigenvalue weighted by atomic mass is 16.6. The molecule has 11 heteroatoms. The second-order valence-electron chi connectivity index (χ2n) is 9.51. The van der Waals surface area contributed by atoms with E-state index in [2.05, 4.69) is 15.3 Å². The summed E-state index contributed by atoms with van der Waals surface area (Å²) in [5, 5.41) is 3.62. The monoisotopic (exact) mass is 507 g/mol. The average Bonchev–Trinajstić information content (AvgIpc) is 3.53. The Kier molecular flexibility index (Phi) is 6.27. The largest absolute Gasteiger partial charge is 0.491 e. The zero-order chi connectivity index (χ0) is 25.4. The van der Waals surface area contributed by atoms with Gasteiger partial charge in [0.2, 0.25) is 11.8 Å². The number of rotatable bonds is 6. The maximum atomic E-state index is 12.1. The number of ether oxygens (including phenoxy) is 4. The van der Waals surface area contributed by atoms with E-state index in [1.807, 2.05) is 18.3 Å². The van der Waals surface area contributed by atoms with Crippen molar-refractivity contribution in [2.75, 3.05) is 58.0 Å². The van der Waals surface area contributed by atoms with Crippen LogP contribution in [-0.2, 0) is 35.8 Å². The van der Waals surface area contributed by atoms with Crippen LogP contribution in [0.4, 0.5) is 5.82 Å². The van der Waals surface area contributed by atoms with Crippen LogP contribution in [0.1, 0.15) is 24.6 Å². The Morgan fingerprint density at radius 2 is 2.19 bits per heavy atom. The zero-order valence-corrected chi connectivity index (χ0v) is 20.7. The molecule has 3 aliphatic rings. The van der Waals surface area contributed by atoms with Crippen LogP contribution in [0.5, 0.6) is 5.75 Å². The lowest BCUT2D eigenvalue weighted by Crippen LogP contribution is -2.43. The van der Waals surface area contributed by atoms with E-state index in [0.29, 0.717) is 58.4 Å². The normalized spacial score (nSPS) is 21.4. The number of aromatic nitrogens is 3. The molecule has 0 aromatic carbocycles. The molecule has 0 bridgehead atoms. The minimum atomic E-state index is -0.600. The molecule has 6 heterocycles. The average molecular weight is 508 g/mol. The van der Waals surface area contributed by atoms with E-state index < -0.39 is 5.60 Å². The van der Waals surface area contributed by atoms with E-state index in [1.54, 1.807) is 11.1 Å². The predicted octanol–water partition coefficient (Wildman–Crippen LogP) is 2.01. The van der Waals surface area contributed by atoms with Gasteiger partial charge in [0, 0.05) is 61.7 Å². The summed E-state index contributed by atoms with van der Waals surface area (Å²) in [6.45, 7) is 5.13. The van der Waals surface area contributed by atoms with Crippen LogP contribution in [0.3, 0.4) is 0 Å². The number of anilines is 1. The summed E-state index contributed by atoms with van der Waals surface area (Å²) >= 11 is 0. The van der Waals surface area contributed by atoms with Gasteiger partial charge in [-0.2, -0.15) is 0 Å². The summed E-state index contributed by atoms with van der Waals surface area (Å²) < 4.78 is 23.6. The van der Waals surface area contributed by atoms with Gasteiger partial charge in [-0.15, -0.1) is 0 Å². The van der Waals surface area contributed by atoms with Crippen LogP contribution in [0.2, 0.25) is 0 Å². The summed E-state index contributed by atoms with van der Waals surface area (Å²) in [7, 11) is 0. The molecule has 194 valence electrons. The molecular formula is C26H29N5O6. The lowest BCUT2D eigenvalue weighted by molar-refractivity contribution is -0.143. The molecule has 2 amide bonds. The molecule has 3 aromatic heterocycles. The van der Waals surface area contributed by atoms with Crippen molar-refractivity contribution in [2.24, 2.45) is 0 Å². The van der Waals surface area contributed by atoms with Crippen molar-refractivity contribution in [2.45, 2.75) is 25.4 Å². The van der Waals surface area contributed by atoms with Gasteiger partial charge in [-0.1, -0.05) is 0 Å². The van der Waals surface area contributed by atoms with Gasteiger partial charge in [-0.05, 0) is 6.07 Å². The number of pyridine rings is 2. The van der Waals surface area contributed by atoms with Crippen molar-refractivity contribution in [1.82, 2.24) is 19.9 Å². The van der Waals surface area contributed by atoms with Gasteiger partial charge in [0.1, 0.15) is 30.4 Å².